The predicted molar refractivity (Wildman–Crippen MR) is 95.9 cm³/mol. The van der Waals surface area contributed by atoms with Gasteiger partial charge in [-0.25, -0.2) is 0 Å². The van der Waals surface area contributed by atoms with Crippen LogP contribution in [0.4, 0.5) is 0 Å². The first-order valence-corrected chi connectivity index (χ1v) is 8.29. The summed E-state index contributed by atoms with van der Waals surface area (Å²) in [5, 5.41) is 4.21. The monoisotopic (exact) mass is 330 g/mol. The third-order valence-corrected chi connectivity index (χ3v) is 4.07. The van der Waals surface area contributed by atoms with Crippen LogP contribution in [0.2, 0.25) is 5.02 Å². The molecule has 1 aliphatic rings. The maximum atomic E-state index is 8.81. The molecule has 1 saturated heterocycles. The SMILES string of the molecule is CC=O.Clc1ccc(C(c2ccccc2)N2CCNCC2)cc1. The van der Waals surface area contributed by atoms with Crippen LogP contribution in [0.5, 0.6) is 0 Å². The van der Waals surface area contributed by atoms with Gasteiger partial charge in [0.05, 0.1) is 6.04 Å². The molecular weight excluding hydrogens is 308 g/mol. The molecule has 1 atom stereocenters. The fourth-order valence-electron chi connectivity index (χ4n) is 2.83. The highest BCUT2D eigenvalue weighted by atomic mass is 35.5. The number of hydrogen-bond acceptors (Lipinski definition) is 3. The molecule has 0 bridgehead atoms. The molecular formula is C19H23ClN2O. The van der Waals surface area contributed by atoms with Gasteiger partial charge in [0.2, 0.25) is 0 Å². The molecule has 1 aliphatic heterocycles. The van der Waals surface area contributed by atoms with Gasteiger partial charge in [0.1, 0.15) is 6.29 Å². The molecule has 1 unspecified atom stereocenters. The van der Waals surface area contributed by atoms with Crippen molar-refractivity contribution in [1.82, 2.24) is 10.2 Å². The van der Waals surface area contributed by atoms with Crippen molar-refractivity contribution in [2.24, 2.45) is 0 Å². The van der Waals surface area contributed by atoms with Crippen LogP contribution in [-0.4, -0.2) is 37.4 Å². The van der Waals surface area contributed by atoms with Gasteiger partial charge in [0.15, 0.2) is 0 Å². The average molecular weight is 331 g/mol. The molecule has 0 spiro atoms. The van der Waals surface area contributed by atoms with Crippen LogP contribution >= 0.6 is 11.6 Å². The molecule has 4 heteroatoms. The second-order valence-corrected chi connectivity index (χ2v) is 5.82. The molecule has 0 aliphatic carbocycles. The highest BCUT2D eigenvalue weighted by molar-refractivity contribution is 6.30. The van der Waals surface area contributed by atoms with Gasteiger partial charge >= 0.3 is 0 Å². The minimum atomic E-state index is 0.315. The molecule has 3 nitrogen and oxygen atoms in total. The van der Waals surface area contributed by atoms with Crippen LogP contribution in [0.25, 0.3) is 0 Å². The number of carbonyl (C=O) groups excluding carboxylic acids is 1. The lowest BCUT2D eigenvalue weighted by Crippen LogP contribution is -2.45. The Hall–Kier alpha value is -1.68. The Kier molecular flexibility index (Phi) is 7.27. The highest BCUT2D eigenvalue weighted by Gasteiger charge is 2.23. The third kappa shape index (κ3) is 5.17. The van der Waals surface area contributed by atoms with E-state index in [2.05, 4.69) is 52.7 Å². The van der Waals surface area contributed by atoms with E-state index in [9.17, 15) is 0 Å². The molecule has 2 aromatic rings. The molecule has 0 amide bonds. The van der Waals surface area contributed by atoms with Gasteiger partial charge in [-0.3, -0.25) is 4.90 Å². The van der Waals surface area contributed by atoms with Gasteiger partial charge in [-0.2, -0.15) is 0 Å². The first-order chi connectivity index (χ1) is 11.3. The van der Waals surface area contributed by atoms with Gasteiger partial charge in [-0.05, 0) is 30.2 Å². The van der Waals surface area contributed by atoms with E-state index in [0.717, 1.165) is 37.5 Å². The average Bonchev–Trinajstić information content (AvgIpc) is 2.60. The topological polar surface area (TPSA) is 32.3 Å². The Labute approximate surface area is 143 Å². The zero-order chi connectivity index (χ0) is 16.5. The van der Waals surface area contributed by atoms with Gasteiger partial charge in [0.25, 0.3) is 0 Å². The minimum Gasteiger partial charge on any atom is -0.314 e. The summed E-state index contributed by atoms with van der Waals surface area (Å²) in [5.41, 5.74) is 2.65. The number of benzene rings is 2. The number of carbonyl (C=O) groups is 1. The van der Waals surface area contributed by atoms with E-state index in [1.165, 1.54) is 18.1 Å². The number of hydrogen-bond donors (Lipinski definition) is 1. The first kappa shape index (κ1) is 17.7. The minimum absolute atomic E-state index is 0.315. The maximum absolute atomic E-state index is 8.81. The van der Waals surface area contributed by atoms with Crippen LogP contribution in [0.15, 0.2) is 54.6 Å². The number of nitrogens with zero attached hydrogens (tertiary/aromatic N) is 1. The Morgan fingerprint density at radius 2 is 1.52 bits per heavy atom. The van der Waals surface area contributed by atoms with Crippen molar-refractivity contribution < 1.29 is 4.79 Å². The van der Waals surface area contributed by atoms with E-state index >= 15 is 0 Å². The largest absolute Gasteiger partial charge is 0.314 e. The van der Waals surface area contributed by atoms with E-state index in [1.54, 1.807) is 0 Å². The normalized spacial score (nSPS) is 16.1. The molecule has 0 radical (unpaired) electrons. The Morgan fingerprint density at radius 3 is 2.09 bits per heavy atom. The Balaban J connectivity index is 0.000000595. The van der Waals surface area contributed by atoms with Crippen LogP contribution in [0.3, 0.4) is 0 Å². The van der Waals surface area contributed by atoms with E-state index < -0.39 is 0 Å². The fraction of sp³-hybridized carbons (Fsp3) is 0.316. The van der Waals surface area contributed by atoms with Crippen molar-refractivity contribution in [1.29, 1.82) is 0 Å². The molecule has 1 N–H and O–H groups in total. The molecule has 122 valence electrons. The van der Waals surface area contributed by atoms with E-state index in [0.29, 0.717) is 6.04 Å². The standard InChI is InChI=1S/C17H19ClN2.C2H4O/c18-16-8-6-15(7-9-16)17(14-4-2-1-3-5-14)20-12-10-19-11-13-20;1-2-3/h1-9,17,19H,10-13H2;2H,1H3. The second-order valence-electron chi connectivity index (χ2n) is 5.39. The molecule has 3 rings (SSSR count). The molecule has 23 heavy (non-hydrogen) atoms. The zero-order valence-electron chi connectivity index (χ0n) is 13.4. The summed E-state index contributed by atoms with van der Waals surface area (Å²) >= 11 is 6.02. The van der Waals surface area contributed by atoms with Crippen LogP contribution < -0.4 is 5.32 Å². The number of aldehydes is 1. The van der Waals surface area contributed by atoms with Crippen LogP contribution in [-0.2, 0) is 4.79 Å². The summed E-state index contributed by atoms with van der Waals surface area (Å²) in [6.07, 6.45) is 0.750. The smallest absolute Gasteiger partial charge is 0.116 e. The summed E-state index contributed by atoms with van der Waals surface area (Å²) in [7, 11) is 0. The van der Waals surface area contributed by atoms with Crippen LogP contribution in [0.1, 0.15) is 24.1 Å². The van der Waals surface area contributed by atoms with Crippen molar-refractivity contribution in [3.63, 3.8) is 0 Å². The molecule has 1 fully saturated rings. The lowest BCUT2D eigenvalue weighted by molar-refractivity contribution is -0.106. The van der Waals surface area contributed by atoms with Crippen molar-refractivity contribution >= 4 is 17.9 Å². The Bertz CT molecular complexity index is 580. The van der Waals surface area contributed by atoms with Gasteiger partial charge < -0.3 is 10.1 Å². The summed E-state index contributed by atoms with van der Waals surface area (Å²) in [6.45, 7) is 5.69. The second kappa shape index (κ2) is 9.46. The van der Waals surface area contributed by atoms with Crippen molar-refractivity contribution in [3.05, 3.63) is 70.7 Å². The van der Waals surface area contributed by atoms with Crippen LogP contribution in [0, 0.1) is 0 Å². The summed E-state index contributed by atoms with van der Waals surface area (Å²) in [5.74, 6) is 0. The third-order valence-electron chi connectivity index (χ3n) is 3.82. The quantitative estimate of drug-likeness (QED) is 0.874. The number of nitrogens with one attached hydrogen (secondary N) is 1. The fourth-order valence-corrected chi connectivity index (χ4v) is 2.96. The number of halogens is 1. The first-order valence-electron chi connectivity index (χ1n) is 7.91. The zero-order valence-corrected chi connectivity index (χ0v) is 14.2. The molecule has 0 aromatic heterocycles. The molecule has 0 saturated carbocycles. The molecule has 1 heterocycles. The molecule has 2 aromatic carbocycles. The van der Waals surface area contributed by atoms with Gasteiger partial charge in [0, 0.05) is 31.2 Å². The van der Waals surface area contributed by atoms with E-state index in [-0.39, 0.29) is 0 Å². The lowest BCUT2D eigenvalue weighted by atomic mass is 9.96. The van der Waals surface area contributed by atoms with Crippen molar-refractivity contribution in [2.75, 3.05) is 26.2 Å². The van der Waals surface area contributed by atoms with Gasteiger partial charge in [-0.1, -0.05) is 54.1 Å². The lowest BCUT2D eigenvalue weighted by Gasteiger charge is -2.35. The summed E-state index contributed by atoms with van der Waals surface area (Å²) in [6, 6.07) is 19.3. The Morgan fingerprint density at radius 1 is 1.00 bits per heavy atom. The number of piperazine rings is 1. The summed E-state index contributed by atoms with van der Waals surface area (Å²) in [4.78, 5) is 11.3. The predicted octanol–water partition coefficient (Wildman–Crippen LogP) is 3.54. The highest BCUT2D eigenvalue weighted by Crippen LogP contribution is 2.29. The van der Waals surface area contributed by atoms with Gasteiger partial charge in [-0.15, -0.1) is 0 Å². The number of rotatable bonds is 3. The summed E-state index contributed by atoms with van der Waals surface area (Å²) < 4.78 is 0. The van der Waals surface area contributed by atoms with E-state index in [1.807, 2.05) is 12.1 Å². The van der Waals surface area contributed by atoms with Crippen molar-refractivity contribution in [2.45, 2.75) is 13.0 Å². The maximum Gasteiger partial charge on any atom is 0.116 e. The van der Waals surface area contributed by atoms with E-state index in [4.69, 9.17) is 16.4 Å². The van der Waals surface area contributed by atoms with Crippen molar-refractivity contribution in [3.8, 4) is 0 Å².